The van der Waals surface area contributed by atoms with Crippen LogP contribution in [-0.2, 0) is 17.1 Å². The van der Waals surface area contributed by atoms with E-state index in [-0.39, 0.29) is 17.3 Å². The molecule has 5 nitrogen and oxygen atoms in total. The monoisotopic (exact) mass is 457 g/mol. The van der Waals surface area contributed by atoms with Crippen LogP contribution < -0.4 is 5.32 Å². The minimum atomic E-state index is -5.00. The maximum atomic E-state index is 13.5. The number of carbonyl (C=O) groups is 1. The van der Waals surface area contributed by atoms with Crippen LogP contribution >= 0.6 is 0 Å². The Morgan fingerprint density at radius 1 is 1.16 bits per heavy atom. The molecule has 1 aromatic carbocycles. The number of rotatable bonds is 5. The van der Waals surface area contributed by atoms with Crippen LogP contribution in [0, 0.1) is 6.92 Å². The van der Waals surface area contributed by atoms with Gasteiger partial charge in [0.1, 0.15) is 5.76 Å². The second-order valence-electron chi connectivity index (χ2n) is 6.90. The molecule has 0 aliphatic carbocycles. The number of aromatic nitrogens is 2. The number of halogens is 6. The SMILES string of the molecule is Cc1c(NC(=O)/C=C/c2ccco2)cnn1C(C)c1ccc(C(F)(F)F)cc1C(F)(F)F. The van der Waals surface area contributed by atoms with Gasteiger partial charge in [0.25, 0.3) is 0 Å². The zero-order chi connectivity index (χ0) is 23.7. The predicted octanol–water partition coefficient (Wildman–Crippen LogP) is 6.08. The van der Waals surface area contributed by atoms with E-state index < -0.39 is 35.4 Å². The molecule has 1 unspecified atom stereocenters. The fourth-order valence-corrected chi connectivity index (χ4v) is 3.13. The highest BCUT2D eigenvalue weighted by atomic mass is 19.4. The molecule has 2 aromatic heterocycles. The molecular formula is C21H17F6N3O2. The van der Waals surface area contributed by atoms with Crippen molar-refractivity contribution in [1.82, 2.24) is 9.78 Å². The number of amides is 1. The fraction of sp³-hybridized carbons (Fsp3) is 0.238. The molecule has 0 radical (unpaired) electrons. The van der Waals surface area contributed by atoms with Gasteiger partial charge in [0.15, 0.2) is 0 Å². The molecule has 11 heteroatoms. The van der Waals surface area contributed by atoms with Crippen LogP contribution in [0.2, 0.25) is 0 Å². The van der Waals surface area contributed by atoms with E-state index in [0.717, 1.165) is 6.07 Å². The Morgan fingerprint density at radius 3 is 2.47 bits per heavy atom. The molecule has 3 rings (SSSR count). The van der Waals surface area contributed by atoms with Crippen molar-refractivity contribution in [1.29, 1.82) is 0 Å². The highest BCUT2D eigenvalue weighted by molar-refractivity contribution is 6.02. The first-order chi connectivity index (χ1) is 14.9. The highest BCUT2D eigenvalue weighted by Gasteiger charge is 2.39. The summed E-state index contributed by atoms with van der Waals surface area (Å²) in [5.41, 5.74) is -2.61. The van der Waals surface area contributed by atoms with Crippen molar-refractivity contribution in [2.45, 2.75) is 32.2 Å². The average molecular weight is 457 g/mol. The topological polar surface area (TPSA) is 60.1 Å². The van der Waals surface area contributed by atoms with Crippen LogP contribution in [0.1, 0.15) is 41.1 Å². The number of hydrogen-bond donors (Lipinski definition) is 1. The number of alkyl halides is 6. The smallest absolute Gasteiger partial charge is 0.416 e. The van der Waals surface area contributed by atoms with Gasteiger partial charge in [0.2, 0.25) is 5.91 Å². The van der Waals surface area contributed by atoms with Crippen LogP contribution in [-0.4, -0.2) is 15.7 Å². The number of hydrogen-bond acceptors (Lipinski definition) is 3. The van der Waals surface area contributed by atoms with Crippen molar-refractivity contribution in [3.8, 4) is 0 Å². The molecule has 2 heterocycles. The van der Waals surface area contributed by atoms with E-state index in [1.165, 1.54) is 43.1 Å². The summed E-state index contributed by atoms with van der Waals surface area (Å²) in [4.78, 5) is 12.1. The minimum Gasteiger partial charge on any atom is -0.465 e. The molecule has 0 saturated carbocycles. The third-order valence-electron chi connectivity index (χ3n) is 4.75. The van der Waals surface area contributed by atoms with Crippen LogP contribution in [0.5, 0.6) is 0 Å². The quantitative estimate of drug-likeness (QED) is 0.373. The predicted molar refractivity (Wildman–Crippen MR) is 104 cm³/mol. The lowest BCUT2D eigenvalue weighted by Gasteiger charge is -2.21. The van der Waals surface area contributed by atoms with E-state index in [0.29, 0.717) is 17.5 Å². The lowest BCUT2D eigenvalue weighted by Crippen LogP contribution is -2.19. The van der Waals surface area contributed by atoms with Crippen LogP contribution in [0.15, 0.2) is 53.3 Å². The summed E-state index contributed by atoms with van der Waals surface area (Å²) in [6.45, 7) is 2.90. The zero-order valence-corrected chi connectivity index (χ0v) is 16.8. The van der Waals surface area contributed by atoms with Crippen LogP contribution in [0.3, 0.4) is 0 Å². The lowest BCUT2D eigenvalue weighted by molar-refractivity contribution is -0.143. The van der Waals surface area contributed by atoms with E-state index in [9.17, 15) is 31.1 Å². The molecule has 32 heavy (non-hydrogen) atoms. The van der Waals surface area contributed by atoms with Gasteiger partial charge in [-0.05, 0) is 49.8 Å². The van der Waals surface area contributed by atoms with Crippen LogP contribution in [0.4, 0.5) is 32.0 Å². The maximum Gasteiger partial charge on any atom is 0.416 e. The summed E-state index contributed by atoms with van der Waals surface area (Å²) >= 11 is 0. The first-order valence-corrected chi connectivity index (χ1v) is 9.23. The zero-order valence-electron chi connectivity index (χ0n) is 16.8. The molecule has 0 aliphatic rings. The number of benzene rings is 1. The highest BCUT2D eigenvalue weighted by Crippen LogP contribution is 2.40. The van der Waals surface area contributed by atoms with Gasteiger partial charge >= 0.3 is 12.4 Å². The molecule has 0 fully saturated rings. The van der Waals surface area contributed by atoms with Crippen LogP contribution in [0.25, 0.3) is 6.08 Å². The van der Waals surface area contributed by atoms with E-state index in [1.807, 2.05) is 0 Å². The summed E-state index contributed by atoms with van der Waals surface area (Å²) in [6.07, 6.45) is -4.60. The Labute approximate surface area is 178 Å². The first kappa shape index (κ1) is 23.2. The largest absolute Gasteiger partial charge is 0.465 e. The summed E-state index contributed by atoms with van der Waals surface area (Å²) < 4.78 is 85.5. The number of anilines is 1. The second kappa shape index (κ2) is 8.56. The molecule has 0 spiro atoms. The Bertz CT molecular complexity index is 1130. The molecule has 0 bridgehead atoms. The van der Waals surface area contributed by atoms with E-state index in [2.05, 4.69) is 10.4 Å². The van der Waals surface area contributed by atoms with Crippen molar-refractivity contribution in [2.24, 2.45) is 0 Å². The number of carbonyl (C=O) groups excluding carboxylic acids is 1. The summed E-state index contributed by atoms with van der Waals surface area (Å²) in [5.74, 6) is -0.0783. The summed E-state index contributed by atoms with van der Waals surface area (Å²) in [7, 11) is 0. The van der Waals surface area contributed by atoms with Gasteiger partial charge < -0.3 is 9.73 Å². The molecule has 0 aliphatic heterocycles. The lowest BCUT2D eigenvalue weighted by atomic mass is 9.98. The molecule has 1 amide bonds. The van der Waals surface area contributed by atoms with Crippen molar-refractivity contribution in [3.05, 3.63) is 77.0 Å². The van der Waals surface area contributed by atoms with Gasteiger partial charge in [0, 0.05) is 6.08 Å². The third kappa shape index (κ3) is 5.04. The third-order valence-corrected chi connectivity index (χ3v) is 4.75. The molecule has 3 aromatic rings. The number of furan rings is 1. The molecule has 0 saturated heterocycles. The molecule has 170 valence electrons. The molecular weight excluding hydrogens is 440 g/mol. The molecule has 1 atom stereocenters. The van der Waals surface area contributed by atoms with Gasteiger partial charge in [-0.1, -0.05) is 6.07 Å². The number of nitrogens with zero attached hydrogens (tertiary/aromatic N) is 2. The fourth-order valence-electron chi connectivity index (χ4n) is 3.13. The normalized spacial score (nSPS) is 13.5. The number of nitrogens with one attached hydrogen (secondary N) is 1. The second-order valence-corrected chi connectivity index (χ2v) is 6.90. The van der Waals surface area contributed by atoms with Gasteiger partial charge in [-0.3, -0.25) is 9.48 Å². The van der Waals surface area contributed by atoms with Crippen molar-refractivity contribution < 1.29 is 35.6 Å². The standard InChI is InChI=1S/C21H17F6N3O2/c1-12(16-7-5-14(20(22,23)24)10-17(16)21(25,26)27)30-13(2)18(11-28-30)29-19(31)8-6-15-4-3-9-32-15/h3-12H,1-2H3,(H,29,31)/b8-6+. The van der Waals surface area contributed by atoms with Crippen molar-refractivity contribution in [3.63, 3.8) is 0 Å². The van der Waals surface area contributed by atoms with Crippen molar-refractivity contribution in [2.75, 3.05) is 5.32 Å². The minimum absolute atomic E-state index is 0.0901. The van der Waals surface area contributed by atoms with E-state index >= 15 is 0 Å². The molecule has 1 N–H and O–H groups in total. The van der Waals surface area contributed by atoms with E-state index in [1.54, 1.807) is 12.1 Å². The Balaban J connectivity index is 1.88. The van der Waals surface area contributed by atoms with Gasteiger partial charge in [-0.25, -0.2) is 0 Å². The maximum absolute atomic E-state index is 13.5. The van der Waals surface area contributed by atoms with Crippen molar-refractivity contribution >= 4 is 17.7 Å². The van der Waals surface area contributed by atoms with Gasteiger partial charge in [0.05, 0.1) is 41.0 Å². The first-order valence-electron chi connectivity index (χ1n) is 9.23. The van der Waals surface area contributed by atoms with Gasteiger partial charge in [-0.15, -0.1) is 0 Å². The Kier molecular flexibility index (Phi) is 6.20. The summed E-state index contributed by atoms with van der Waals surface area (Å²) in [6, 6.07) is 3.70. The Hall–Kier alpha value is -3.50. The Morgan fingerprint density at radius 2 is 1.88 bits per heavy atom. The average Bonchev–Trinajstić information content (AvgIpc) is 3.34. The summed E-state index contributed by atoms with van der Waals surface area (Å²) in [5, 5.41) is 6.57. The van der Waals surface area contributed by atoms with E-state index in [4.69, 9.17) is 4.42 Å². The van der Waals surface area contributed by atoms with Gasteiger partial charge in [-0.2, -0.15) is 31.4 Å².